The molecule has 0 aliphatic rings. The van der Waals surface area contributed by atoms with E-state index in [-0.39, 0.29) is 34.8 Å². The van der Waals surface area contributed by atoms with Crippen molar-refractivity contribution in [2.45, 2.75) is 78.6 Å². The average molecular weight is 569 g/mol. The van der Waals surface area contributed by atoms with Gasteiger partial charge in [0.15, 0.2) is 0 Å². The van der Waals surface area contributed by atoms with Crippen LogP contribution in [0.5, 0.6) is 5.75 Å². The van der Waals surface area contributed by atoms with Crippen LogP contribution in [0.15, 0.2) is 66.7 Å². The van der Waals surface area contributed by atoms with E-state index in [1.54, 1.807) is 34.3 Å². The van der Waals surface area contributed by atoms with Gasteiger partial charge in [-0.2, -0.15) is 46.7 Å². The summed E-state index contributed by atoms with van der Waals surface area (Å²) < 4.78 is 0. The van der Waals surface area contributed by atoms with Crippen molar-refractivity contribution in [3.63, 3.8) is 0 Å². The van der Waals surface area contributed by atoms with E-state index in [1.165, 1.54) is 22.3 Å². The van der Waals surface area contributed by atoms with Gasteiger partial charge < -0.3 is 15.7 Å². The smallest absolute Gasteiger partial charge is 0.119 e. The van der Waals surface area contributed by atoms with E-state index in [2.05, 4.69) is 128 Å². The maximum absolute atomic E-state index is 9.84. The maximum atomic E-state index is 9.84. The van der Waals surface area contributed by atoms with E-state index in [0.717, 1.165) is 11.1 Å². The number of hydrogen-bond acceptors (Lipinski definition) is 1. The fraction of sp³-hybridized carbons (Fsp3) is 0.457. The van der Waals surface area contributed by atoms with E-state index in [1.807, 2.05) is 12.1 Å². The summed E-state index contributed by atoms with van der Waals surface area (Å²) in [7, 11) is 7.00. The monoisotopic (exact) mass is 568 g/mol. The van der Waals surface area contributed by atoms with Crippen molar-refractivity contribution >= 4 is 0 Å². The van der Waals surface area contributed by atoms with Gasteiger partial charge in [-0.15, -0.1) is 17.7 Å². The van der Waals surface area contributed by atoms with Crippen molar-refractivity contribution in [3.8, 4) is 16.9 Å². The van der Waals surface area contributed by atoms with Gasteiger partial charge in [0.2, 0.25) is 0 Å². The molecule has 0 aliphatic heterocycles. The second-order valence-electron chi connectivity index (χ2n) is 12.6. The second-order valence-corrected chi connectivity index (χ2v) is 12.6. The Labute approximate surface area is 253 Å². The van der Waals surface area contributed by atoms with Crippen molar-refractivity contribution in [1.82, 2.24) is 0 Å². The van der Waals surface area contributed by atoms with Crippen molar-refractivity contribution < 1.29 is 23.7 Å². The zero-order chi connectivity index (χ0) is 29.7. The Hall–Kier alpha value is -2.17. The topological polar surface area (TPSA) is 48.4 Å². The predicted molar refractivity (Wildman–Crippen MR) is 171 cm³/mol. The summed E-state index contributed by atoms with van der Waals surface area (Å²) in [6.07, 6.45) is 0. The van der Waals surface area contributed by atoms with Crippen LogP contribution in [0.25, 0.3) is 21.8 Å². The molecule has 3 nitrogen and oxygen atoms in total. The summed E-state index contributed by atoms with van der Waals surface area (Å²) in [5.74, 6) is 0.399. The number of aromatic hydroxyl groups is 1. The van der Waals surface area contributed by atoms with Gasteiger partial charge in [0.1, 0.15) is 5.75 Å². The van der Waals surface area contributed by atoms with Gasteiger partial charge in [0.25, 0.3) is 0 Å². The molecule has 0 aliphatic carbocycles. The van der Waals surface area contributed by atoms with E-state index < -0.39 is 0 Å². The standard InChI is InChI=1S/C17H19.C14H22O.2C2H6N.V/c1-13-10-11-15(17(2,3)4)12-16(13)14-8-6-5-7-9-14;1-13(2,3)10-7-8-12(15)11(9-10)14(4,5)6;2*1-3-2;/h5-12H,1H2,2-4H3;7-9,15H,1-6H3;2*1-2H3;/q-1;;2*-1;. The molecule has 0 heterocycles. The van der Waals surface area contributed by atoms with Crippen LogP contribution < -0.4 is 0 Å². The van der Waals surface area contributed by atoms with Crippen LogP contribution in [0, 0.1) is 6.92 Å². The number of phenolic OH excluding ortho intramolecular Hbond substituents is 1. The number of rotatable bonds is 1. The minimum absolute atomic E-state index is 0. The molecule has 0 unspecified atom stereocenters. The van der Waals surface area contributed by atoms with E-state index in [9.17, 15) is 5.11 Å². The first-order valence-electron chi connectivity index (χ1n) is 13.3. The Bertz CT molecular complexity index is 1070. The summed E-state index contributed by atoms with van der Waals surface area (Å²) in [6.45, 7) is 23.7. The van der Waals surface area contributed by atoms with Crippen LogP contribution in [-0.4, -0.2) is 33.3 Å². The van der Waals surface area contributed by atoms with Gasteiger partial charge in [-0.05, 0) is 33.4 Å². The molecule has 39 heavy (non-hydrogen) atoms. The quantitative estimate of drug-likeness (QED) is 0.292. The zero-order valence-corrected chi connectivity index (χ0v) is 28.2. The Morgan fingerprint density at radius 1 is 0.590 bits per heavy atom. The van der Waals surface area contributed by atoms with Crippen molar-refractivity contribution in [2.75, 3.05) is 28.2 Å². The Morgan fingerprint density at radius 2 is 1.00 bits per heavy atom. The molecule has 0 atom stereocenters. The molecular formula is C35H53N2OV-3. The Kier molecular flexibility index (Phi) is 17.5. The molecule has 0 saturated heterocycles. The summed E-state index contributed by atoms with van der Waals surface area (Å²) >= 11 is 0. The molecule has 3 aromatic rings. The normalized spacial score (nSPS) is 10.9. The Morgan fingerprint density at radius 3 is 1.41 bits per heavy atom. The third kappa shape index (κ3) is 14.2. The van der Waals surface area contributed by atoms with Gasteiger partial charge in [-0.1, -0.05) is 116 Å². The predicted octanol–water partition coefficient (Wildman–Crippen LogP) is 10.1. The van der Waals surface area contributed by atoms with Gasteiger partial charge in [0.05, 0.1) is 0 Å². The van der Waals surface area contributed by atoms with E-state index in [4.69, 9.17) is 0 Å². The first-order chi connectivity index (χ1) is 17.4. The summed E-state index contributed by atoms with van der Waals surface area (Å²) in [5, 5.41) is 16.8. The molecule has 3 aromatic carbocycles. The average Bonchev–Trinajstić information content (AvgIpc) is 2.79. The number of benzene rings is 3. The van der Waals surface area contributed by atoms with Crippen LogP contribution in [0.4, 0.5) is 0 Å². The molecule has 0 saturated carbocycles. The van der Waals surface area contributed by atoms with Crippen molar-refractivity contribution in [3.05, 3.63) is 107 Å². The zero-order valence-electron chi connectivity index (χ0n) is 26.8. The third-order valence-electron chi connectivity index (χ3n) is 5.73. The summed E-state index contributed by atoms with van der Waals surface area (Å²) in [5.41, 5.74) is 7.51. The second kappa shape index (κ2) is 17.5. The van der Waals surface area contributed by atoms with Gasteiger partial charge in [-0.25, -0.2) is 0 Å². The number of phenols is 1. The molecule has 217 valence electrons. The largest absolute Gasteiger partial charge is 0.668 e. The molecule has 0 amide bonds. The maximum Gasteiger partial charge on any atom is 0.119 e. The molecule has 3 rings (SSSR count). The first kappa shape index (κ1) is 39.0. The van der Waals surface area contributed by atoms with Gasteiger partial charge in [0, 0.05) is 18.6 Å². The van der Waals surface area contributed by atoms with Crippen LogP contribution in [-0.2, 0) is 34.8 Å². The Balaban J connectivity index is 0. The van der Waals surface area contributed by atoms with E-state index in [0.29, 0.717) is 5.75 Å². The third-order valence-corrected chi connectivity index (χ3v) is 5.73. The molecule has 0 spiro atoms. The van der Waals surface area contributed by atoms with Crippen molar-refractivity contribution in [2.24, 2.45) is 0 Å². The van der Waals surface area contributed by atoms with E-state index >= 15 is 0 Å². The minimum atomic E-state index is -0.00859. The SMILES string of the molecule is CC(C)(C)c1ccc(O)c(C(C)(C)C)c1.C[N-]C.C[N-]C.[CH2-]c1ccc(C(C)(C)C)cc1-c1ccccc1.[V]. The molecular weight excluding hydrogens is 515 g/mol. The van der Waals surface area contributed by atoms with Crippen LogP contribution in [0.2, 0.25) is 0 Å². The van der Waals surface area contributed by atoms with Gasteiger partial charge >= 0.3 is 0 Å². The summed E-state index contributed by atoms with van der Waals surface area (Å²) in [6, 6.07) is 22.9. The molecule has 0 bridgehead atoms. The van der Waals surface area contributed by atoms with Crippen LogP contribution in [0.1, 0.15) is 84.6 Å². The minimum Gasteiger partial charge on any atom is -0.668 e. The fourth-order valence-corrected chi connectivity index (χ4v) is 3.53. The van der Waals surface area contributed by atoms with Gasteiger partial charge in [-0.3, -0.25) is 0 Å². The van der Waals surface area contributed by atoms with Crippen molar-refractivity contribution in [1.29, 1.82) is 0 Å². The first-order valence-corrected chi connectivity index (χ1v) is 13.3. The molecule has 1 radical (unpaired) electrons. The molecule has 0 aromatic heterocycles. The van der Waals surface area contributed by atoms with Crippen LogP contribution >= 0.6 is 0 Å². The summed E-state index contributed by atoms with van der Waals surface area (Å²) in [4.78, 5) is 0. The molecule has 0 fully saturated rings. The fourth-order valence-electron chi connectivity index (χ4n) is 3.53. The molecule has 1 N–H and O–H groups in total. The van der Waals surface area contributed by atoms with Crippen LogP contribution in [0.3, 0.4) is 0 Å². The number of nitrogens with zero attached hydrogens (tertiary/aromatic N) is 2. The molecule has 4 heteroatoms. The number of hydrogen-bond donors (Lipinski definition) is 1.